The zero-order chi connectivity index (χ0) is 12.3. The Morgan fingerprint density at radius 3 is 2.59 bits per heavy atom. The van der Waals surface area contributed by atoms with Crippen LogP contribution in [0, 0.1) is 13.8 Å². The highest BCUT2D eigenvalue weighted by Gasteiger charge is 2.18. The van der Waals surface area contributed by atoms with Crippen LogP contribution in [0.15, 0.2) is 24.0 Å². The molecule has 3 N–H and O–H groups in total. The van der Waals surface area contributed by atoms with Crippen molar-refractivity contribution in [2.24, 2.45) is 5.84 Å². The summed E-state index contributed by atoms with van der Waals surface area (Å²) in [5, 5.41) is 0. The summed E-state index contributed by atoms with van der Waals surface area (Å²) in [6.07, 6.45) is 3.90. The van der Waals surface area contributed by atoms with E-state index >= 15 is 0 Å². The van der Waals surface area contributed by atoms with E-state index in [1.54, 1.807) is 0 Å². The van der Waals surface area contributed by atoms with Crippen molar-refractivity contribution < 1.29 is 4.74 Å². The van der Waals surface area contributed by atoms with Crippen molar-refractivity contribution in [3.8, 4) is 0 Å². The monoisotopic (exact) mass is 233 g/mol. The van der Waals surface area contributed by atoms with Gasteiger partial charge in [0.2, 0.25) is 0 Å². The lowest BCUT2D eigenvalue weighted by Crippen LogP contribution is -2.30. The standard InChI is InChI=1S/C13H19N3O/c1-9-6-12(7-10(2)15-9)13(16-14)11-4-3-5-17-8-11/h6-8,13,16H,3-5,14H2,1-2H3. The highest BCUT2D eigenvalue weighted by molar-refractivity contribution is 5.30. The average molecular weight is 233 g/mol. The first-order valence-corrected chi connectivity index (χ1v) is 5.92. The van der Waals surface area contributed by atoms with Gasteiger partial charge in [-0.05, 0) is 50.0 Å². The molecule has 0 saturated heterocycles. The molecule has 1 aromatic heterocycles. The van der Waals surface area contributed by atoms with Gasteiger partial charge in [-0.25, -0.2) is 5.43 Å². The molecule has 1 aliphatic heterocycles. The second-order valence-electron chi connectivity index (χ2n) is 4.45. The molecule has 2 rings (SSSR count). The summed E-state index contributed by atoms with van der Waals surface area (Å²) >= 11 is 0. The van der Waals surface area contributed by atoms with Crippen LogP contribution in [0.1, 0.15) is 35.8 Å². The maximum Gasteiger partial charge on any atom is 0.0876 e. The van der Waals surface area contributed by atoms with Crippen molar-refractivity contribution in [1.82, 2.24) is 10.4 Å². The maximum atomic E-state index is 5.67. The minimum atomic E-state index is 0.0238. The van der Waals surface area contributed by atoms with E-state index in [0.29, 0.717) is 0 Å². The number of nitrogens with zero attached hydrogens (tertiary/aromatic N) is 1. The number of hydrazine groups is 1. The van der Waals surface area contributed by atoms with E-state index in [1.165, 1.54) is 5.57 Å². The van der Waals surface area contributed by atoms with Crippen LogP contribution in [0.25, 0.3) is 0 Å². The topological polar surface area (TPSA) is 60.2 Å². The molecule has 1 aliphatic rings. The summed E-state index contributed by atoms with van der Waals surface area (Å²) in [7, 11) is 0. The highest BCUT2D eigenvalue weighted by Crippen LogP contribution is 2.27. The Labute approximate surface area is 102 Å². The maximum absolute atomic E-state index is 5.67. The molecular formula is C13H19N3O. The van der Waals surface area contributed by atoms with Crippen LogP contribution in [0.3, 0.4) is 0 Å². The molecule has 92 valence electrons. The zero-order valence-electron chi connectivity index (χ0n) is 10.4. The van der Waals surface area contributed by atoms with Crippen LogP contribution < -0.4 is 11.3 Å². The number of aryl methyl sites for hydroxylation is 2. The van der Waals surface area contributed by atoms with Crippen molar-refractivity contribution >= 4 is 0 Å². The zero-order valence-corrected chi connectivity index (χ0v) is 10.4. The van der Waals surface area contributed by atoms with Gasteiger partial charge in [-0.1, -0.05) is 0 Å². The molecule has 17 heavy (non-hydrogen) atoms. The number of ether oxygens (including phenoxy) is 1. The number of aromatic nitrogens is 1. The summed E-state index contributed by atoms with van der Waals surface area (Å²) in [6, 6.07) is 4.15. The second kappa shape index (κ2) is 5.29. The summed E-state index contributed by atoms with van der Waals surface area (Å²) in [4.78, 5) is 4.38. The van der Waals surface area contributed by atoms with Crippen LogP contribution in [-0.4, -0.2) is 11.6 Å². The van der Waals surface area contributed by atoms with E-state index in [4.69, 9.17) is 10.6 Å². The van der Waals surface area contributed by atoms with E-state index in [-0.39, 0.29) is 6.04 Å². The van der Waals surface area contributed by atoms with Gasteiger partial charge in [-0.3, -0.25) is 10.8 Å². The van der Waals surface area contributed by atoms with Gasteiger partial charge in [0.25, 0.3) is 0 Å². The minimum Gasteiger partial charge on any atom is -0.501 e. The lowest BCUT2D eigenvalue weighted by Gasteiger charge is -2.23. The Balaban J connectivity index is 2.31. The van der Waals surface area contributed by atoms with Gasteiger partial charge >= 0.3 is 0 Å². The number of hydrogen-bond donors (Lipinski definition) is 2. The molecule has 4 nitrogen and oxygen atoms in total. The third-order valence-corrected chi connectivity index (χ3v) is 2.94. The van der Waals surface area contributed by atoms with Gasteiger partial charge < -0.3 is 4.74 Å². The van der Waals surface area contributed by atoms with Gasteiger partial charge in [-0.15, -0.1) is 0 Å². The van der Waals surface area contributed by atoms with Crippen molar-refractivity contribution in [1.29, 1.82) is 0 Å². The molecule has 2 heterocycles. The fraction of sp³-hybridized carbons (Fsp3) is 0.462. The van der Waals surface area contributed by atoms with Crippen molar-refractivity contribution in [2.45, 2.75) is 32.7 Å². The van der Waals surface area contributed by atoms with E-state index in [2.05, 4.69) is 22.5 Å². The lowest BCUT2D eigenvalue weighted by atomic mass is 9.95. The molecule has 0 fully saturated rings. The molecule has 1 atom stereocenters. The van der Waals surface area contributed by atoms with Gasteiger partial charge in [0, 0.05) is 11.4 Å². The Morgan fingerprint density at radius 2 is 2.06 bits per heavy atom. The molecule has 0 saturated carbocycles. The molecule has 1 unspecified atom stereocenters. The van der Waals surface area contributed by atoms with E-state index in [0.717, 1.165) is 36.4 Å². The van der Waals surface area contributed by atoms with Crippen LogP contribution in [0.4, 0.5) is 0 Å². The van der Waals surface area contributed by atoms with Gasteiger partial charge in [0.1, 0.15) is 0 Å². The predicted molar refractivity (Wildman–Crippen MR) is 67.0 cm³/mol. The highest BCUT2D eigenvalue weighted by atomic mass is 16.5. The molecular weight excluding hydrogens is 214 g/mol. The summed E-state index contributed by atoms with van der Waals surface area (Å²) in [6.45, 7) is 4.79. The summed E-state index contributed by atoms with van der Waals surface area (Å²) < 4.78 is 5.37. The van der Waals surface area contributed by atoms with Crippen molar-refractivity contribution in [2.75, 3.05) is 6.61 Å². The van der Waals surface area contributed by atoms with E-state index < -0.39 is 0 Å². The fourth-order valence-electron chi connectivity index (χ4n) is 2.25. The van der Waals surface area contributed by atoms with Crippen LogP contribution >= 0.6 is 0 Å². The summed E-state index contributed by atoms with van der Waals surface area (Å²) in [5.74, 6) is 5.67. The second-order valence-corrected chi connectivity index (χ2v) is 4.45. The fourth-order valence-corrected chi connectivity index (χ4v) is 2.25. The lowest BCUT2D eigenvalue weighted by molar-refractivity contribution is 0.219. The van der Waals surface area contributed by atoms with Gasteiger partial charge in [0.05, 0.1) is 18.9 Å². The Bertz CT molecular complexity index is 408. The average Bonchev–Trinajstić information content (AvgIpc) is 2.30. The quantitative estimate of drug-likeness (QED) is 0.618. The summed E-state index contributed by atoms with van der Waals surface area (Å²) in [5.41, 5.74) is 7.24. The van der Waals surface area contributed by atoms with Crippen molar-refractivity contribution in [3.05, 3.63) is 40.9 Å². The molecule has 0 radical (unpaired) electrons. The molecule has 1 aromatic rings. The number of nitrogens with one attached hydrogen (secondary N) is 1. The molecule has 0 aromatic carbocycles. The van der Waals surface area contributed by atoms with Gasteiger partial charge in [0.15, 0.2) is 0 Å². The number of hydrogen-bond acceptors (Lipinski definition) is 4. The number of nitrogens with two attached hydrogens (primary N) is 1. The first-order chi connectivity index (χ1) is 8.20. The van der Waals surface area contributed by atoms with Crippen LogP contribution in [0.5, 0.6) is 0 Å². The number of rotatable bonds is 3. The third kappa shape index (κ3) is 2.84. The normalized spacial score (nSPS) is 17.2. The Morgan fingerprint density at radius 1 is 1.35 bits per heavy atom. The predicted octanol–water partition coefficient (Wildman–Crippen LogP) is 1.90. The molecule has 0 bridgehead atoms. The molecule has 0 aliphatic carbocycles. The largest absolute Gasteiger partial charge is 0.501 e. The molecule has 4 heteroatoms. The van der Waals surface area contributed by atoms with E-state index in [9.17, 15) is 0 Å². The molecule has 0 spiro atoms. The minimum absolute atomic E-state index is 0.0238. The van der Waals surface area contributed by atoms with E-state index in [1.807, 2.05) is 20.1 Å². The van der Waals surface area contributed by atoms with Crippen molar-refractivity contribution in [3.63, 3.8) is 0 Å². The third-order valence-electron chi connectivity index (χ3n) is 2.94. The Kier molecular flexibility index (Phi) is 3.76. The first kappa shape index (κ1) is 12.1. The van der Waals surface area contributed by atoms with Gasteiger partial charge in [-0.2, -0.15) is 0 Å². The smallest absolute Gasteiger partial charge is 0.0876 e. The van der Waals surface area contributed by atoms with Crippen LogP contribution in [-0.2, 0) is 4.74 Å². The number of pyridine rings is 1. The molecule has 0 amide bonds. The van der Waals surface area contributed by atoms with Crippen LogP contribution in [0.2, 0.25) is 0 Å². The SMILES string of the molecule is Cc1cc(C(NN)C2=COCCC2)cc(C)n1. The first-order valence-electron chi connectivity index (χ1n) is 5.92. The Hall–Kier alpha value is -1.39.